The molecular formula is C36H42N4O5S. The predicted molar refractivity (Wildman–Crippen MR) is 181 cm³/mol. The van der Waals surface area contributed by atoms with Crippen molar-refractivity contribution in [3.8, 4) is 28.3 Å². The molecule has 2 aromatic carbocycles. The van der Waals surface area contributed by atoms with Gasteiger partial charge in [0.25, 0.3) is 5.91 Å². The second-order valence-corrected chi connectivity index (χ2v) is 12.4. The first-order chi connectivity index (χ1) is 22.3. The van der Waals surface area contributed by atoms with Crippen LogP contribution in [-0.4, -0.2) is 51.5 Å². The van der Waals surface area contributed by atoms with Crippen molar-refractivity contribution in [1.82, 2.24) is 20.6 Å². The number of aryl methyl sites for hydroxylation is 1. The predicted octanol–water partition coefficient (Wildman–Crippen LogP) is 6.71. The van der Waals surface area contributed by atoms with Gasteiger partial charge >= 0.3 is 5.97 Å². The number of benzene rings is 2. The largest absolute Gasteiger partial charge is 0.494 e. The van der Waals surface area contributed by atoms with Gasteiger partial charge in [-0.25, -0.2) is 9.97 Å². The molecule has 0 saturated carbocycles. The zero-order valence-electron chi connectivity index (χ0n) is 26.6. The summed E-state index contributed by atoms with van der Waals surface area (Å²) in [7, 11) is 0. The van der Waals surface area contributed by atoms with Crippen LogP contribution < -0.4 is 15.4 Å². The molecule has 0 spiro atoms. The molecule has 0 saturated heterocycles. The highest BCUT2D eigenvalue weighted by Crippen LogP contribution is 2.24. The van der Waals surface area contributed by atoms with E-state index in [1.165, 1.54) is 43.9 Å². The SMILES string of the molecule is CCCCCCCOc1ccc(-c2cnc(-c3ccc(CC(NC(=O)c4ccc(CC)s4)C(=O)NC(C)C(=O)O)cc3)nc2)cc1. The fourth-order valence-electron chi connectivity index (χ4n) is 4.80. The van der Waals surface area contributed by atoms with Crippen molar-refractivity contribution >= 4 is 29.1 Å². The van der Waals surface area contributed by atoms with Crippen molar-refractivity contribution in [2.75, 3.05) is 6.61 Å². The van der Waals surface area contributed by atoms with Crippen molar-refractivity contribution in [3.05, 3.63) is 88.4 Å². The van der Waals surface area contributed by atoms with Crippen LogP contribution in [0.5, 0.6) is 5.75 Å². The van der Waals surface area contributed by atoms with E-state index in [1.54, 1.807) is 18.5 Å². The van der Waals surface area contributed by atoms with Crippen LogP contribution in [0.4, 0.5) is 0 Å². The number of hydrogen-bond acceptors (Lipinski definition) is 7. The zero-order chi connectivity index (χ0) is 32.9. The Morgan fingerprint density at radius 1 is 0.826 bits per heavy atom. The van der Waals surface area contributed by atoms with Crippen LogP contribution in [-0.2, 0) is 22.4 Å². The lowest BCUT2D eigenvalue weighted by atomic mass is 10.0. The molecule has 10 heteroatoms. The number of nitrogens with zero attached hydrogens (tertiary/aromatic N) is 2. The summed E-state index contributed by atoms with van der Waals surface area (Å²) in [5, 5.41) is 14.5. The Balaban J connectivity index is 1.38. The van der Waals surface area contributed by atoms with E-state index in [-0.39, 0.29) is 12.3 Å². The third-order valence-electron chi connectivity index (χ3n) is 7.59. The molecular weight excluding hydrogens is 600 g/mol. The van der Waals surface area contributed by atoms with Crippen LogP contribution in [0.1, 0.15) is 73.0 Å². The maximum absolute atomic E-state index is 13.0. The quantitative estimate of drug-likeness (QED) is 0.109. The summed E-state index contributed by atoms with van der Waals surface area (Å²) in [4.78, 5) is 48.0. The lowest BCUT2D eigenvalue weighted by molar-refractivity contribution is -0.141. The lowest BCUT2D eigenvalue weighted by Gasteiger charge is -2.20. The Labute approximate surface area is 274 Å². The number of carboxylic acids is 1. The van der Waals surface area contributed by atoms with E-state index in [9.17, 15) is 19.5 Å². The van der Waals surface area contributed by atoms with Crippen LogP contribution in [0.15, 0.2) is 73.1 Å². The summed E-state index contributed by atoms with van der Waals surface area (Å²) in [5.74, 6) is -0.696. The topological polar surface area (TPSA) is 131 Å². The van der Waals surface area contributed by atoms with E-state index in [0.717, 1.165) is 52.3 Å². The van der Waals surface area contributed by atoms with Crippen molar-refractivity contribution in [1.29, 1.82) is 0 Å². The standard InChI is InChI=1S/C36H42N4O5S/c1-4-6-7-8-9-20-45-29-16-14-26(15-17-29)28-22-37-33(38-23-28)27-12-10-25(11-13-27)21-31(34(41)39-24(3)36(43)44)40-35(42)32-19-18-30(5-2)46-32/h10-19,22-24,31H,4-9,20-21H2,1-3H3,(H,39,41)(H,40,42)(H,43,44). The number of amides is 2. The molecule has 0 radical (unpaired) electrons. The van der Waals surface area contributed by atoms with E-state index in [1.807, 2.05) is 61.5 Å². The van der Waals surface area contributed by atoms with Crippen LogP contribution in [0.2, 0.25) is 0 Å². The Morgan fingerprint density at radius 3 is 2.13 bits per heavy atom. The molecule has 3 N–H and O–H groups in total. The first-order valence-electron chi connectivity index (χ1n) is 15.8. The third kappa shape index (κ3) is 9.97. The minimum atomic E-state index is -1.16. The minimum absolute atomic E-state index is 0.175. The van der Waals surface area contributed by atoms with Gasteiger partial charge in [0.2, 0.25) is 5.91 Å². The molecule has 242 valence electrons. The number of carboxylic acid groups (broad SMARTS) is 1. The number of carbonyl (C=O) groups excluding carboxylic acids is 2. The maximum atomic E-state index is 13.0. The molecule has 0 fully saturated rings. The molecule has 0 bridgehead atoms. The number of aromatic nitrogens is 2. The number of aliphatic carboxylic acids is 1. The summed E-state index contributed by atoms with van der Waals surface area (Å²) in [5.41, 5.74) is 3.47. The number of ether oxygens (including phenoxy) is 1. The average Bonchev–Trinajstić information content (AvgIpc) is 3.56. The lowest BCUT2D eigenvalue weighted by Crippen LogP contribution is -2.51. The summed E-state index contributed by atoms with van der Waals surface area (Å²) < 4.78 is 5.87. The van der Waals surface area contributed by atoms with Gasteiger partial charge in [0, 0.05) is 34.8 Å². The van der Waals surface area contributed by atoms with E-state index < -0.39 is 24.0 Å². The average molecular weight is 643 g/mol. The van der Waals surface area contributed by atoms with Gasteiger partial charge in [-0.2, -0.15) is 0 Å². The van der Waals surface area contributed by atoms with Crippen LogP contribution in [0.25, 0.3) is 22.5 Å². The zero-order valence-corrected chi connectivity index (χ0v) is 27.4. The van der Waals surface area contributed by atoms with Gasteiger partial charge in [-0.3, -0.25) is 14.4 Å². The van der Waals surface area contributed by atoms with E-state index >= 15 is 0 Å². The van der Waals surface area contributed by atoms with Crippen molar-refractivity contribution < 1.29 is 24.2 Å². The van der Waals surface area contributed by atoms with Gasteiger partial charge in [-0.15, -0.1) is 11.3 Å². The van der Waals surface area contributed by atoms with E-state index in [4.69, 9.17) is 4.74 Å². The first-order valence-corrected chi connectivity index (χ1v) is 16.7. The van der Waals surface area contributed by atoms with Gasteiger partial charge in [0.15, 0.2) is 5.82 Å². The van der Waals surface area contributed by atoms with Crippen LogP contribution >= 0.6 is 11.3 Å². The van der Waals surface area contributed by atoms with Gasteiger partial charge < -0.3 is 20.5 Å². The highest BCUT2D eigenvalue weighted by Gasteiger charge is 2.25. The first kappa shape index (κ1) is 34.3. The Bertz CT molecular complexity index is 1570. The van der Waals surface area contributed by atoms with Crippen LogP contribution in [0.3, 0.4) is 0 Å². The highest BCUT2D eigenvalue weighted by atomic mass is 32.1. The third-order valence-corrected chi connectivity index (χ3v) is 8.82. The number of carbonyl (C=O) groups is 3. The summed E-state index contributed by atoms with van der Waals surface area (Å²) in [6.07, 6.45) is 10.6. The summed E-state index contributed by atoms with van der Waals surface area (Å²) in [6.45, 7) is 6.32. The molecule has 9 nitrogen and oxygen atoms in total. The molecule has 2 unspecified atom stereocenters. The smallest absolute Gasteiger partial charge is 0.325 e. The molecule has 0 aliphatic carbocycles. The van der Waals surface area contributed by atoms with Crippen molar-refractivity contribution in [3.63, 3.8) is 0 Å². The number of hydrogen-bond donors (Lipinski definition) is 3. The second kappa shape index (κ2) is 17.2. The minimum Gasteiger partial charge on any atom is -0.494 e. The van der Waals surface area contributed by atoms with Gasteiger partial charge in [-0.1, -0.05) is 75.9 Å². The summed E-state index contributed by atoms with van der Waals surface area (Å²) in [6, 6.07) is 16.9. The molecule has 4 rings (SSSR count). The Morgan fingerprint density at radius 2 is 1.50 bits per heavy atom. The molecule has 4 aromatic rings. The monoisotopic (exact) mass is 642 g/mol. The molecule has 0 aliphatic heterocycles. The fraction of sp³-hybridized carbons (Fsp3) is 0.361. The number of unbranched alkanes of at least 4 members (excludes halogenated alkanes) is 4. The van der Waals surface area contributed by atoms with E-state index in [0.29, 0.717) is 10.7 Å². The number of rotatable bonds is 17. The Kier molecular flexibility index (Phi) is 12.8. The number of thiophene rings is 1. The van der Waals surface area contributed by atoms with Crippen LogP contribution in [0, 0.1) is 0 Å². The van der Waals surface area contributed by atoms with Gasteiger partial charge in [-0.05, 0) is 55.2 Å². The normalized spacial score (nSPS) is 12.2. The molecule has 46 heavy (non-hydrogen) atoms. The molecule has 2 aromatic heterocycles. The second-order valence-electron chi connectivity index (χ2n) is 11.2. The maximum Gasteiger partial charge on any atom is 0.325 e. The molecule has 0 aliphatic rings. The molecule has 2 amide bonds. The summed E-state index contributed by atoms with van der Waals surface area (Å²) >= 11 is 1.37. The fourth-order valence-corrected chi connectivity index (χ4v) is 5.65. The molecule has 2 atom stereocenters. The van der Waals surface area contributed by atoms with Gasteiger partial charge in [0.05, 0.1) is 11.5 Å². The van der Waals surface area contributed by atoms with Crippen molar-refractivity contribution in [2.45, 2.75) is 77.8 Å². The number of nitrogens with one attached hydrogen (secondary N) is 2. The van der Waals surface area contributed by atoms with Gasteiger partial charge in [0.1, 0.15) is 17.8 Å². The van der Waals surface area contributed by atoms with Crippen molar-refractivity contribution in [2.24, 2.45) is 0 Å². The van der Waals surface area contributed by atoms with E-state index in [2.05, 4.69) is 27.5 Å². The Hall–Kier alpha value is -4.57. The highest BCUT2D eigenvalue weighted by molar-refractivity contribution is 7.14. The molecule has 2 heterocycles.